The van der Waals surface area contributed by atoms with E-state index in [2.05, 4.69) is 254 Å². The molecule has 0 fully saturated rings. The van der Waals surface area contributed by atoms with Crippen LogP contribution in [0.2, 0.25) is 0 Å². The zero-order valence-electron chi connectivity index (χ0n) is 39.5. The van der Waals surface area contributed by atoms with Crippen LogP contribution in [0.15, 0.2) is 225 Å². The maximum atomic E-state index is 6.67. The summed E-state index contributed by atoms with van der Waals surface area (Å²) < 4.78 is 8.86. The van der Waals surface area contributed by atoms with E-state index in [9.17, 15) is 0 Å². The predicted octanol–water partition coefficient (Wildman–Crippen LogP) is 16.3. The fourth-order valence-electron chi connectivity index (χ4n) is 11.0. The summed E-state index contributed by atoms with van der Waals surface area (Å²) in [5.41, 5.74) is 16.6. The first-order valence-electron chi connectivity index (χ1n) is 23.9. The van der Waals surface area contributed by atoms with Crippen molar-refractivity contribution >= 4 is 44.6 Å². The normalized spacial score (nSPS) is 13.5. The maximum absolute atomic E-state index is 6.67. The molecule has 6 heteroatoms. The molecule has 13 rings (SSSR count). The number of rotatable bonds is 8. The number of anilines is 4. The van der Waals surface area contributed by atoms with Gasteiger partial charge in [-0.25, -0.2) is 4.98 Å². The van der Waals surface area contributed by atoms with Gasteiger partial charge in [-0.3, -0.25) is 0 Å². The second kappa shape index (κ2) is 17.5. The largest absolute Gasteiger partial charge is 0.509 e. The number of pyridine rings is 1. The Labute approximate surface area is 429 Å². The molecule has 0 amide bonds. The molecule has 0 unspecified atom stereocenters. The summed E-state index contributed by atoms with van der Waals surface area (Å²) in [5.74, 6) is 2.04. The molecule has 0 saturated heterocycles. The van der Waals surface area contributed by atoms with Crippen LogP contribution in [0.5, 0.6) is 11.5 Å². The number of fused-ring (bicyclic) bond motifs is 7. The zero-order valence-corrected chi connectivity index (χ0v) is 41.7. The molecule has 346 valence electrons. The van der Waals surface area contributed by atoms with E-state index in [4.69, 9.17) is 9.72 Å². The number of nitrogens with zero attached hydrogens (tertiary/aromatic N) is 4. The van der Waals surface area contributed by atoms with Crippen LogP contribution in [0.1, 0.15) is 48.6 Å². The van der Waals surface area contributed by atoms with Gasteiger partial charge in [-0.2, -0.15) is 12.1 Å². The van der Waals surface area contributed by atoms with Crippen LogP contribution in [-0.2, 0) is 31.9 Å². The smallest absolute Gasteiger partial charge is 0.135 e. The molecule has 1 aliphatic carbocycles. The Hall–Kier alpha value is -7.98. The summed E-state index contributed by atoms with van der Waals surface area (Å²) in [5, 5.41) is 2.23. The molecule has 1 aliphatic heterocycles. The maximum Gasteiger partial charge on any atom is 0.135 e. The van der Waals surface area contributed by atoms with Gasteiger partial charge in [-0.15, -0.1) is 48.1 Å². The molecule has 0 atom stereocenters. The van der Waals surface area contributed by atoms with Gasteiger partial charge >= 0.3 is 0 Å². The van der Waals surface area contributed by atoms with Crippen molar-refractivity contribution in [3.63, 3.8) is 0 Å². The monoisotopic (exact) mass is 1090 g/mol. The van der Waals surface area contributed by atoms with E-state index in [0.29, 0.717) is 11.5 Å². The van der Waals surface area contributed by atoms with Gasteiger partial charge in [0.05, 0.1) is 5.41 Å². The van der Waals surface area contributed by atoms with Gasteiger partial charge < -0.3 is 19.1 Å². The van der Waals surface area contributed by atoms with Crippen molar-refractivity contribution in [3.05, 3.63) is 271 Å². The molecular weight excluding hydrogens is 1050 g/mol. The summed E-state index contributed by atoms with van der Waals surface area (Å²) in [4.78, 5) is 9.37. The molecule has 71 heavy (non-hydrogen) atoms. The summed E-state index contributed by atoms with van der Waals surface area (Å²) in [7, 11) is 0. The molecule has 9 aromatic carbocycles. The molecule has 2 aliphatic rings. The van der Waals surface area contributed by atoms with E-state index in [-0.39, 0.29) is 26.5 Å². The summed E-state index contributed by atoms with van der Waals surface area (Å²) in [6.07, 6.45) is 1.90. The Morgan fingerprint density at radius 2 is 1.14 bits per heavy atom. The minimum Gasteiger partial charge on any atom is -0.509 e. The molecule has 3 heterocycles. The Kier molecular flexibility index (Phi) is 10.9. The molecule has 0 bridgehead atoms. The van der Waals surface area contributed by atoms with Crippen molar-refractivity contribution in [1.29, 1.82) is 0 Å². The minimum absolute atomic E-state index is 0. The van der Waals surface area contributed by atoms with E-state index < -0.39 is 5.41 Å². The molecule has 0 saturated carbocycles. The Balaban J connectivity index is 0.00000517. The van der Waals surface area contributed by atoms with Crippen LogP contribution in [0.4, 0.5) is 22.7 Å². The van der Waals surface area contributed by atoms with Crippen LogP contribution in [0.3, 0.4) is 0 Å². The molecule has 11 aromatic rings. The van der Waals surface area contributed by atoms with Crippen LogP contribution < -0.4 is 14.5 Å². The Morgan fingerprint density at radius 3 is 1.90 bits per heavy atom. The first-order chi connectivity index (χ1) is 34.3. The van der Waals surface area contributed by atoms with Crippen molar-refractivity contribution in [3.8, 4) is 39.6 Å². The molecule has 0 spiro atoms. The standard InChI is InChI=1S/C65H47N4O.Pt/c1-64(2,3)47-37-38-66-63(40-47)69-59-30-15-12-27-54(59)55-36-34-50(42-62(55)69)70-49-24-18-23-48(41-49)67-43-68(61-32-17-16-31-60(61)67)58-29-14-11-25-51(58)44-33-35-53-52-26-10-13-28-56(52)65(57(53)39-44,45-19-6-4-7-20-45)46-21-8-5-9-22-46;/h4-40,43H,1-3H3;/q-3;. The van der Waals surface area contributed by atoms with Crippen molar-refractivity contribution < 1.29 is 25.8 Å². The predicted molar refractivity (Wildman–Crippen MR) is 286 cm³/mol. The molecule has 0 N–H and O–H groups in total. The first kappa shape index (κ1) is 44.2. The van der Waals surface area contributed by atoms with Crippen molar-refractivity contribution in [2.45, 2.75) is 31.6 Å². The quantitative estimate of drug-likeness (QED) is 0.142. The van der Waals surface area contributed by atoms with Gasteiger partial charge in [0.15, 0.2) is 0 Å². The third-order valence-electron chi connectivity index (χ3n) is 14.2. The number of ether oxygens (including phenoxy) is 1. The van der Waals surface area contributed by atoms with Crippen LogP contribution in [0, 0.1) is 18.8 Å². The van der Waals surface area contributed by atoms with Crippen LogP contribution in [-0.4, -0.2) is 9.55 Å². The van der Waals surface area contributed by atoms with Crippen molar-refractivity contribution in [1.82, 2.24) is 9.55 Å². The second-order valence-electron chi connectivity index (χ2n) is 19.2. The Bertz CT molecular complexity index is 3760. The number of hydrogen-bond donors (Lipinski definition) is 0. The molecule has 2 aromatic heterocycles. The summed E-state index contributed by atoms with van der Waals surface area (Å²) >= 11 is 0. The van der Waals surface area contributed by atoms with Crippen molar-refractivity contribution in [2.75, 3.05) is 9.80 Å². The van der Waals surface area contributed by atoms with Crippen LogP contribution in [0.25, 0.3) is 49.9 Å². The first-order valence-corrected chi connectivity index (χ1v) is 23.9. The number of para-hydroxylation sites is 4. The topological polar surface area (TPSA) is 33.5 Å². The van der Waals surface area contributed by atoms with E-state index in [1.54, 1.807) is 0 Å². The minimum atomic E-state index is -0.497. The zero-order chi connectivity index (χ0) is 47.0. The number of hydrogen-bond acceptors (Lipinski definition) is 4. The van der Waals surface area contributed by atoms with Gasteiger partial charge in [0.2, 0.25) is 0 Å². The average molecular weight is 1100 g/mol. The van der Waals surface area contributed by atoms with Gasteiger partial charge in [-0.1, -0.05) is 172 Å². The van der Waals surface area contributed by atoms with Gasteiger partial charge in [0, 0.05) is 66.9 Å². The SMILES string of the molecule is CC(C)(C)c1ccnc(-n2c3[c-]c(Oc4[c-]c(N5[CH-]N(c6ccccc6-c6ccc7c(c6)C(c6ccccc6)(c6ccccc6)c6ccccc6-7)c6ccccc65)ccc4)ccc3c3ccccc32)c1.[Pt]. The third kappa shape index (κ3) is 7.21. The second-order valence-corrected chi connectivity index (χ2v) is 19.2. The third-order valence-corrected chi connectivity index (χ3v) is 14.2. The van der Waals surface area contributed by atoms with Crippen LogP contribution >= 0.6 is 0 Å². The fourth-order valence-corrected chi connectivity index (χ4v) is 11.0. The van der Waals surface area contributed by atoms with E-state index >= 15 is 0 Å². The van der Waals surface area contributed by atoms with Gasteiger partial charge in [0.25, 0.3) is 0 Å². The van der Waals surface area contributed by atoms with E-state index in [0.717, 1.165) is 61.5 Å². The molecular formula is C65H47N4OPt-3. The van der Waals surface area contributed by atoms with E-state index in [1.807, 2.05) is 24.4 Å². The Morgan fingerprint density at radius 1 is 0.507 bits per heavy atom. The number of aromatic nitrogens is 2. The fraction of sp³-hybridized carbons (Fsp3) is 0.0769. The average Bonchev–Trinajstić information content (AvgIpc) is 4.05. The summed E-state index contributed by atoms with van der Waals surface area (Å²) in [6, 6.07) is 85.5. The van der Waals surface area contributed by atoms with Gasteiger partial charge in [0.1, 0.15) is 5.82 Å². The molecule has 0 radical (unpaired) electrons. The van der Waals surface area contributed by atoms with E-state index in [1.165, 1.54) is 38.9 Å². The van der Waals surface area contributed by atoms with Gasteiger partial charge in [-0.05, 0) is 97.8 Å². The number of benzene rings is 9. The van der Waals surface area contributed by atoms with Crippen molar-refractivity contribution in [2.24, 2.45) is 0 Å². The summed E-state index contributed by atoms with van der Waals surface area (Å²) in [6.45, 7) is 8.86. The molecule has 5 nitrogen and oxygen atoms in total.